The highest BCUT2D eigenvalue weighted by Gasteiger charge is 2.40. The summed E-state index contributed by atoms with van der Waals surface area (Å²) in [6.07, 6.45) is -5.31. The SMILES string of the molecule is O=P(O)(O)O[C@@H]1O[C@H](CO)C[C@H](O)[C@H]1O. The van der Waals surface area contributed by atoms with Crippen LogP contribution in [0.4, 0.5) is 0 Å². The molecule has 9 heteroatoms. The molecule has 1 saturated heterocycles. The Morgan fingerprint density at radius 3 is 2.47 bits per heavy atom. The molecule has 0 aromatic rings. The molecule has 4 atom stereocenters. The van der Waals surface area contributed by atoms with Gasteiger partial charge in [0.2, 0.25) is 0 Å². The zero-order valence-corrected chi connectivity index (χ0v) is 8.53. The fourth-order valence-electron chi connectivity index (χ4n) is 1.26. The van der Waals surface area contributed by atoms with E-state index in [-0.39, 0.29) is 6.42 Å². The average Bonchev–Trinajstić information content (AvgIpc) is 2.10. The fraction of sp³-hybridized carbons (Fsp3) is 1.00. The maximum absolute atomic E-state index is 10.5. The Bertz CT molecular complexity index is 252. The molecule has 0 aromatic carbocycles. The quantitative estimate of drug-likeness (QED) is 0.357. The Labute approximate surface area is 85.3 Å². The van der Waals surface area contributed by atoms with Crippen LogP contribution in [-0.2, 0) is 13.8 Å². The summed E-state index contributed by atoms with van der Waals surface area (Å²) in [5.41, 5.74) is 0. The molecule has 1 aliphatic heterocycles. The maximum atomic E-state index is 10.5. The third kappa shape index (κ3) is 3.78. The van der Waals surface area contributed by atoms with Gasteiger partial charge in [0.05, 0.1) is 18.8 Å². The summed E-state index contributed by atoms with van der Waals surface area (Å²) in [6, 6.07) is 0. The molecule has 1 fully saturated rings. The van der Waals surface area contributed by atoms with Crippen LogP contribution in [0.2, 0.25) is 0 Å². The summed E-state index contributed by atoms with van der Waals surface area (Å²) < 4.78 is 19.4. The third-order valence-electron chi connectivity index (χ3n) is 1.95. The van der Waals surface area contributed by atoms with E-state index in [2.05, 4.69) is 4.52 Å². The Kier molecular flexibility index (Phi) is 4.21. The minimum atomic E-state index is -4.81. The molecule has 1 rings (SSSR count). The number of hydrogen-bond acceptors (Lipinski definition) is 6. The number of ether oxygens (including phenoxy) is 1. The lowest BCUT2D eigenvalue weighted by Crippen LogP contribution is -2.49. The van der Waals surface area contributed by atoms with Crippen molar-refractivity contribution in [3.05, 3.63) is 0 Å². The highest BCUT2D eigenvalue weighted by Crippen LogP contribution is 2.40. The van der Waals surface area contributed by atoms with E-state index >= 15 is 0 Å². The first kappa shape index (κ1) is 13.0. The standard InChI is InChI=1S/C6H13O8P/c7-2-3-1-4(8)5(9)6(13-3)14-15(10,11)12/h3-9H,1-2H2,(H2,10,11,12)/t3-,4-,5+,6-/m0/s1. The first-order chi connectivity index (χ1) is 6.83. The molecule has 0 amide bonds. The van der Waals surface area contributed by atoms with Crippen LogP contribution in [-0.4, -0.2) is 56.3 Å². The topological polar surface area (TPSA) is 137 Å². The minimum absolute atomic E-state index is 0.0291. The van der Waals surface area contributed by atoms with Gasteiger partial charge in [0.15, 0.2) is 6.29 Å². The van der Waals surface area contributed by atoms with Crippen molar-refractivity contribution in [2.45, 2.75) is 31.0 Å². The lowest BCUT2D eigenvalue weighted by molar-refractivity contribution is -0.245. The molecule has 0 aliphatic carbocycles. The van der Waals surface area contributed by atoms with Crippen LogP contribution in [0.3, 0.4) is 0 Å². The van der Waals surface area contributed by atoms with Crippen molar-refractivity contribution in [2.75, 3.05) is 6.61 Å². The van der Waals surface area contributed by atoms with E-state index in [0.717, 1.165) is 0 Å². The number of hydrogen-bond donors (Lipinski definition) is 5. The first-order valence-corrected chi connectivity index (χ1v) is 5.73. The van der Waals surface area contributed by atoms with Gasteiger partial charge in [-0.1, -0.05) is 0 Å². The molecule has 90 valence electrons. The highest BCUT2D eigenvalue weighted by molar-refractivity contribution is 7.46. The van der Waals surface area contributed by atoms with E-state index in [0.29, 0.717) is 0 Å². The van der Waals surface area contributed by atoms with Crippen LogP contribution in [0, 0.1) is 0 Å². The molecule has 0 bridgehead atoms. The van der Waals surface area contributed by atoms with Gasteiger partial charge in [-0.05, 0) is 0 Å². The Balaban J connectivity index is 2.64. The van der Waals surface area contributed by atoms with Crippen molar-refractivity contribution in [2.24, 2.45) is 0 Å². The molecule has 8 nitrogen and oxygen atoms in total. The molecule has 0 unspecified atom stereocenters. The summed E-state index contributed by atoms with van der Waals surface area (Å²) in [5, 5.41) is 27.3. The number of aliphatic hydroxyl groups is 3. The van der Waals surface area contributed by atoms with Crippen LogP contribution in [0.15, 0.2) is 0 Å². The van der Waals surface area contributed by atoms with Gasteiger partial charge in [-0.25, -0.2) is 4.57 Å². The Hall–Kier alpha value is -0.0500. The lowest BCUT2D eigenvalue weighted by Gasteiger charge is -2.35. The summed E-state index contributed by atoms with van der Waals surface area (Å²) in [6.45, 7) is -0.440. The second-order valence-electron chi connectivity index (χ2n) is 3.20. The second-order valence-corrected chi connectivity index (χ2v) is 4.39. The van der Waals surface area contributed by atoms with Crippen LogP contribution < -0.4 is 0 Å². The molecule has 0 aromatic heterocycles. The monoisotopic (exact) mass is 244 g/mol. The Morgan fingerprint density at radius 2 is 2.00 bits per heavy atom. The minimum Gasteiger partial charge on any atom is -0.394 e. The van der Waals surface area contributed by atoms with E-state index in [1.807, 2.05) is 0 Å². The predicted octanol–water partition coefficient (Wildman–Crippen LogP) is -2.08. The van der Waals surface area contributed by atoms with Crippen molar-refractivity contribution in [3.8, 4) is 0 Å². The maximum Gasteiger partial charge on any atom is 0.472 e. The second kappa shape index (κ2) is 4.86. The average molecular weight is 244 g/mol. The number of phosphoric acid groups is 1. The predicted molar refractivity (Wildman–Crippen MR) is 45.5 cm³/mol. The molecule has 15 heavy (non-hydrogen) atoms. The van der Waals surface area contributed by atoms with E-state index in [1.165, 1.54) is 0 Å². The van der Waals surface area contributed by atoms with Crippen LogP contribution in [0.5, 0.6) is 0 Å². The summed E-state index contributed by atoms with van der Waals surface area (Å²) in [5.74, 6) is 0. The molecule has 5 N–H and O–H groups in total. The third-order valence-corrected chi connectivity index (χ3v) is 2.43. The van der Waals surface area contributed by atoms with Gasteiger partial charge in [-0.2, -0.15) is 0 Å². The Morgan fingerprint density at radius 1 is 1.40 bits per heavy atom. The van der Waals surface area contributed by atoms with Crippen molar-refractivity contribution in [1.29, 1.82) is 0 Å². The lowest BCUT2D eigenvalue weighted by atomic mass is 10.0. The summed E-state index contributed by atoms with van der Waals surface area (Å²) in [4.78, 5) is 17.0. The number of rotatable bonds is 3. The number of phosphoric ester groups is 1. The van der Waals surface area contributed by atoms with E-state index in [1.54, 1.807) is 0 Å². The molecule has 1 heterocycles. The van der Waals surface area contributed by atoms with E-state index in [4.69, 9.17) is 19.6 Å². The molecule has 0 radical (unpaired) electrons. The fourth-order valence-corrected chi connectivity index (χ4v) is 1.70. The van der Waals surface area contributed by atoms with Gasteiger partial charge in [-0.3, -0.25) is 4.52 Å². The molecule has 0 saturated carbocycles. The highest BCUT2D eigenvalue weighted by atomic mass is 31.2. The normalized spacial score (nSPS) is 37.9. The first-order valence-electron chi connectivity index (χ1n) is 4.20. The van der Waals surface area contributed by atoms with Crippen LogP contribution >= 0.6 is 7.82 Å². The zero-order chi connectivity index (χ0) is 11.6. The van der Waals surface area contributed by atoms with Crippen molar-refractivity contribution >= 4 is 7.82 Å². The molecular weight excluding hydrogens is 231 g/mol. The summed E-state index contributed by atoms with van der Waals surface area (Å²) in [7, 11) is -4.81. The van der Waals surface area contributed by atoms with Gasteiger partial charge in [0.25, 0.3) is 0 Å². The molecular formula is C6H13O8P. The van der Waals surface area contributed by atoms with Crippen LogP contribution in [0.1, 0.15) is 6.42 Å². The van der Waals surface area contributed by atoms with Gasteiger partial charge < -0.3 is 29.8 Å². The van der Waals surface area contributed by atoms with Crippen molar-refractivity contribution in [1.82, 2.24) is 0 Å². The largest absolute Gasteiger partial charge is 0.472 e. The van der Waals surface area contributed by atoms with Gasteiger partial charge in [-0.15, -0.1) is 0 Å². The molecule has 1 aliphatic rings. The van der Waals surface area contributed by atoms with Crippen molar-refractivity contribution in [3.63, 3.8) is 0 Å². The van der Waals surface area contributed by atoms with E-state index < -0.39 is 39.0 Å². The van der Waals surface area contributed by atoms with Gasteiger partial charge in [0.1, 0.15) is 6.10 Å². The number of aliphatic hydroxyl groups excluding tert-OH is 3. The summed E-state index contributed by atoms with van der Waals surface area (Å²) >= 11 is 0. The van der Waals surface area contributed by atoms with Crippen LogP contribution in [0.25, 0.3) is 0 Å². The zero-order valence-electron chi connectivity index (χ0n) is 7.63. The molecule has 0 spiro atoms. The smallest absolute Gasteiger partial charge is 0.394 e. The van der Waals surface area contributed by atoms with Crippen molar-refractivity contribution < 1.29 is 38.9 Å². The van der Waals surface area contributed by atoms with E-state index in [9.17, 15) is 14.8 Å². The van der Waals surface area contributed by atoms with Gasteiger partial charge >= 0.3 is 7.82 Å². The van der Waals surface area contributed by atoms with Gasteiger partial charge in [0, 0.05) is 6.42 Å².